The van der Waals surface area contributed by atoms with Gasteiger partial charge < -0.3 is 20.5 Å². The Morgan fingerprint density at radius 3 is 2.48 bits per heavy atom. The highest BCUT2D eigenvalue weighted by atomic mass is 16.2. The molecule has 6 nitrogen and oxygen atoms in total. The SMILES string of the molecule is O=C(Nc1ccccc1)NC1CCN(C(=O)c2cc[nH]c2)CC1. The number of H-pyrrole nitrogens is 1. The number of aromatic amines is 1. The Balaban J connectivity index is 1.46. The van der Waals surface area contributed by atoms with Crippen LogP contribution >= 0.6 is 0 Å². The van der Waals surface area contributed by atoms with Crippen LogP contribution in [0.5, 0.6) is 0 Å². The summed E-state index contributed by atoms with van der Waals surface area (Å²) in [4.78, 5) is 28.9. The number of benzene rings is 1. The van der Waals surface area contributed by atoms with Gasteiger partial charge in [0.05, 0.1) is 5.56 Å². The van der Waals surface area contributed by atoms with Crippen LogP contribution in [0, 0.1) is 0 Å². The summed E-state index contributed by atoms with van der Waals surface area (Å²) in [6.45, 7) is 1.31. The number of hydrogen-bond donors (Lipinski definition) is 3. The number of rotatable bonds is 3. The molecule has 1 aromatic heterocycles. The van der Waals surface area contributed by atoms with Crippen LogP contribution in [0.2, 0.25) is 0 Å². The van der Waals surface area contributed by atoms with Crippen LogP contribution in [0.25, 0.3) is 0 Å². The largest absolute Gasteiger partial charge is 0.367 e. The number of urea groups is 1. The molecule has 3 N–H and O–H groups in total. The van der Waals surface area contributed by atoms with E-state index in [1.165, 1.54) is 0 Å². The molecule has 2 aromatic rings. The van der Waals surface area contributed by atoms with E-state index in [1.807, 2.05) is 35.2 Å². The van der Waals surface area contributed by atoms with Crippen molar-refractivity contribution in [1.82, 2.24) is 15.2 Å². The normalized spacial score (nSPS) is 15.2. The number of piperidine rings is 1. The lowest BCUT2D eigenvalue weighted by molar-refractivity contribution is 0.0709. The fourth-order valence-corrected chi connectivity index (χ4v) is 2.74. The fraction of sp³-hybridized carbons (Fsp3) is 0.294. The monoisotopic (exact) mass is 312 g/mol. The van der Waals surface area contributed by atoms with Crippen LogP contribution in [-0.4, -0.2) is 41.0 Å². The molecule has 1 aliphatic rings. The summed E-state index contributed by atoms with van der Waals surface area (Å²) in [7, 11) is 0. The lowest BCUT2D eigenvalue weighted by Gasteiger charge is -2.32. The zero-order chi connectivity index (χ0) is 16.1. The van der Waals surface area contributed by atoms with Gasteiger partial charge in [-0.1, -0.05) is 18.2 Å². The van der Waals surface area contributed by atoms with Gasteiger partial charge in [0.1, 0.15) is 0 Å². The van der Waals surface area contributed by atoms with Gasteiger partial charge in [-0.05, 0) is 31.0 Å². The van der Waals surface area contributed by atoms with Crippen LogP contribution < -0.4 is 10.6 Å². The Bertz CT molecular complexity index is 646. The number of nitrogens with one attached hydrogen (secondary N) is 3. The maximum Gasteiger partial charge on any atom is 0.319 e. The van der Waals surface area contributed by atoms with Crippen molar-refractivity contribution in [2.24, 2.45) is 0 Å². The number of para-hydroxylation sites is 1. The first-order valence-corrected chi connectivity index (χ1v) is 7.77. The lowest BCUT2D eigenvalue weighted by Crippen LogP contribution is -2.47. The van der Waals surface area contributed by atoms with E-state index in [0.29, 0.717) is 18.7 Å². The van der Waals surface area contributed by atoms with Crippen LogP contribution in [0.4, 0.5) is 10.5 Å². The smallest absolute Gasteiger partial charge is 0.319 e. The molecular weight excluding hydrogens is 292 g/mol. The van der Waals surface area contributed by atoms with Crippen molar-refractivity contribution in [2.45, 2.75) is 18.9 Å². The van der Waals surface area contributed by atoms with Crippen LogP contribution in [0.1, 0.15) is 23.2 Å². The first-order chi connectivity index (χ1) is 11.2. The van der Waals surface area contributed by atoms with Gasteiger partial charge in [0.15, 0.2) is 0 Å². The van der Waals surface area contributed by atoms with Crippen molar-refractivity contribution in [3.8, 4) is 0 Å². The summed E-state index contributed by atoms with van der Waals surface area (Å²) in [5, 5.41) is 5.78. The van der Waals surface area contributed by atoms with Crippen LogP contribution in [-0.2, 0) is 0 Å². The fourth-order valence-electron chi connectivity index (χ4n) is 2.74. The molecule has 0 unspecified atom stereocenters. The minimum Gasteiger partial charge on any atom is -0.367 e. The first kappa shape index (κ1) is 15.1. The number of likely N-dealkylation sites (tertiary alicyclic amines) is 1. The second kappa shape index (κ2) is 7.00. The van der Waals surface area contributed by atoms with Gasteiger partial charge in [-0.3, -0.25) is 4.79 Å². The molecule has 1 fully saturated rings. The van der Waals surface area contributed by atoms with Gasteiger partial charge in [0.2, 0.25) is 0 Å². The minimum absolute atomic E-state index is 0.0402. The minimum atomic E-state index is -0.202. The van der Waals surface area contributed by atoms with Crippen molar-refractivity contribution >= 4 is 17.6 Å². The summed E-state index contributed by atoms with van der Waals surface area (Å²) in [6, 6.07) is 11.0. The second-order valence-electron chi connectivity index (χ2n) is 5.63. The topological polar surface area (TPSA) is 77.2 Å². The predicted octanol–water partition coefficient (Wildman–Crippen LogP) is 2.44. The van der Waals surface area contributed by atoms with E-state index in [2.05, 4.69) is 15.6 Å². The quantitative estimate of drug-likeness (QED) is 0.814. The van der Waals surface area contributed by atoms with E-state index in [1.54, 1.807) is 18.5 Å². The van der Waals surface area contributed by atoms with Gasteiger partial charge in [0.25, 0.3) is 5.91 Å². The molecule has 3 amide bonds. The Morgan fingerprint density at radius 2 is 1.83 bits per heavy atom. The third-order valence-corrected chi connectivity index (χ3v) is 3.99. The summed E-state index contributed by atoms with van der Waals surface area (Å²) in [5.74, 6) is 0.0402. The van der Waals surface area contributed by atoms with E-state index >= 15 is 0 Å². The van der Waals surface area contributed by atoms with Crippen molar-refractivity contribution in [1.29, 1.82) is 0 Å². The second-order valence-corrected chi connectivity index (χ2v) is 5.63. The maximum absolute atomic E-state index is 12.2. The third-order valence-electron chi connectivity index (χ3n) is 3.99. The van der Waals surface area contributed by atoms with E-state index in [9.17, 15) is 9.59 Å². The number of anilines is 1. The zero-order valence-corrected chi connectivity index (χ0v) is 12.8. The molecule has 0 bridgehead atoms. The highest BCUT2D eigenvalue weighted by molar-refractivity contribution is 5.94. The van der Waals surface area contributed by atoms with Crippen molar-refractivity contribution < 1.29 is 9.59 Å². The molecular formula is C17H20N4O2. The highest BCUT2D eigenvalue weighted by Gasteiger charge is 2.24. The van der Waals surface area contributed by atoms with Crippen molar-refractivity contribution in [3.05, 3.63) is 54.4 Å². The molecule has 6 heteroatoms. The molecule has 1 aliphatic heterocycles. The van der Waals surface area contributed by atoms with E-state index < -0.39 is 0 Å². The molecule has 0 saturated carbocycles. The number of carbonyl (C=O) groups is 2. The van der Waals surface area contributed by atoms with Crippen molar-refractivity contribution in [2.75, 3.05) is 18.4 Å². The van der Waals surface area contributed by atoms with Gasteiger partial charge >= 0.3 is 6.03 Å². The van der Waals surface area contributed by atoms with Gasteiger partial charge in [0, 0.05) is 37.2 Å². The molecule has 0 radical (unpaired) electrons. The molecule has 0 spiro atoms. The molecule has 3 rings (SSSR count). The Kier molecular flexibility index (Phi) is 4.61. The molecule has 2 heterocycles. The van der Waals surface area contributed by atoms with Gasteiger partial charge in [-0.2, -0.15) is 0 Å². The maximum atomic E-state index is 12.2. The van der Waals surface area contributed by atoms with E-state index in [-0.39, 0.29) is 18.0 Å². The Morgan fingerprint density at radius 1 is 1.09 bits per heavy atom. The number of aromatic nitrogens is 1. The summed E-state index contributed by atoms with van der Waals surface area (Å²) >= 11 is 0. The molecule has 0 atom stereocenters. The number of carbonyl (C=O) groups excluding carboxylic acids is 2. The van der Waals surface area contributed by atoms with Crippen molar-refractivity contribution in [3.63, 3.8) is 0 Å². The third kappa shape index (κ3) is 3.91. The lowest BCUT2D eigenvalue weighted by atomic mass is 10.0. The predicted molar refractivity (Wildman–Crippen MR) is 88.3 cm³/mol. The van der Waals surface area contributed by atoms with Gasteiger partial charge in [-0.25, -0.2) is 4.79 Å². The average molecular weight is 312 g/mol. The summed E-state index contributed by atoms with van der Waals surface area (Å²) in [5.41, 5.74) is 1.45. The number of amides is 3. The number of nitrogens with zero attached hydrogens (tertiary/aromatic N) is 1. The van der Waals surface area contributed by atoms with Gasteiger partial charge in [-0.15, -0.1) is 0 Å². The molecule has 1 saturated heterocycles. The molecule has 0 aliphatic carbocycles. The Hall–Kier alpha value is -2.76. The standard InChI is InChI=1S/C17H20N4O2/c22-16(13-6-9-18-12-13)21-10-7-15(8-11-21)20-17(23)19-14-4-2-1-3-5-14/h1-6,9,12,15,18H,7-8,10-11H2,(H2,19,20,23). The average Bonchev–Trinajstić information content (AvgIpc) is 3.10. The zero-order valence-electron chi connectivity index (χ0n) is 12.8. The summed E-state index contributed by atoms with van der Waals surface area (Å²) in [6.07, 6.45) is 4.98. The summed E-state index contributed by atoms with van der Waals surface area (Å²) < 4.78 is 0. The van der Waals surface area contributed by atoms with E-state index in [0.717, 1.165) is 18.5 Å². The molecule has 1 aromatic carbocycles. The number of hydrogen-bond acceptors (Lipinski definition) is 2. The van der Waals surface area contributed by atoms with E-state index in [4.69, 9.17) is 0 Å². The Labute approximate surface area is 134 Å². The highest BCUT2D eigenvalue weighted by Crippen LogP contribution is 2.14. The van der Waals surface area contributed by atoms with Crippen LogP contribution in [0.15, 0.2) is 48.8 Å². The molecule has 23 heavy (non-hydrogen) atoms. The molecule has 120 valence electrons. The first-order valence-electron chi connectivity index (χ1n) is 7.77. The van der Waals surface area contributed by atoms with Crippen LogP contribution in [0.3, 0.4) is 0 Å².